The lowest BCUT2D eigenvalue weighted by Crippen LogP contribution is -2.32. The highest BCUT2D eigenvalue weighted by molar-refractivity contribution is 5.92. The lowest BCUT2D eigenvalue weighted by atomic mass is 10.1. The van der Waals surface area contributed by atoms with Crippen LogP contribution in [0.1, 0.15) is 17.2 Å². The highest BCUT2D eigenvalue weighted by Crippen LogP contribution is 2.42. The predicted octanol–water partition coefficient (Wildman–Crippen LogP) is 3.77. The van der Waals surface area contributed by atoms with Gasteiger partial charge in [0.25, 0.3) is 0 Å². The number of benzene rings is 3. The molecule has 0 saturated heterocycles. The zero-order chi connectivity index (χ0) is 19.8. The van der Waals surface area contributed by atoms with E-state index in [0.29, 0.717) is 11.5 Å². The van der Waals surface area contributed by atoms with Crippen molar-refractivity contribution < 1.29 is 4.79 Å². The molecule has 0 radical (unpaired) electrons. The van der Waals surface area contributed by atoms with Crippen molar-refractivity contribution in [2.24, 2.45) is 7.05 Å². The average Bonchev–Trinajstić information content (AvgIpc) is 3.31. The van der Waals surface area contributed by atoms with Crippen LogP contribution in [0.4, 0.5) is 10.5 Å². The van der Waals surface area contributed by atoms with Gasteiger partial charge in [-0.15, -0.1) is 10.2 Å². The maximum atomic E-state index is 12.8. The van der Waals surface area contributed by atoms with Gasteiger partial charge in [-0.25, -0.2) is 4.79 Å². The summed E-state index contributed by atoms with van der Waals surface area (Å²) in [7, 11) is 1.71. The Kier molecular flexibility index (Phi) is 4.05. The van der Waals surface area contributed by atoms with Crippen molar-refractivity contribution in [2.45, 2.75) is 6.04 Å². The van der Waals surface area contributed by atoms with Crippen LogP contribution in [-0.2, 0) is 7.05 Å². The number of nitrogens with zero attached hydrogens (tertiary/aromatic N) is 4. The van der Waals surface area contributed by atoms with Gasteiger partial charge < -0.3 is 10.6 Å². The van der Waals surface area contributed by atoms with Gasteiger partial charge in [0, 0.05) is 11.3 Å². The zero-order valence-electron chi connectivity index (χ0n) is 15.7. The molecule has 7 heteroatoms. The normalized spacial score (nSPS) is 12.3. The predicted molar refractivity (Wildman–Crippen MR) is 110 cm³/mol. The van der Waals surface area contributed by atoms with Gasteiger partial charge in [-0.3, -0.25) is 0 Å². The molecule has 3 aromatic carbocycles. The Hall–Kier alpha value is -4.00. The monoisotopic (exact) mass is 382 g/mol. The van der Waals surface area contributed by atoms with Crippen molar-refractivity contribution in [3.05, 3.63) is 83.9 Å². The Morgan fingerprint density at radius 1 is 0.931 bits per heavy atom. The van der Waals surface area contributed by atoms with Crippen molar-refractivity contribution in [1.82, 2.24) is 25.5 Å². The molecule has 0 unspecified atom stereocenters. The first kappa shape index (κ1) is 17.1. The van der Waals surface area contributed by atoms with E-state index in [1.807, 2.05) is 48.5 Å². The summed E-state index contributed by atoms with van der Waals surface area (Å²) >= 11 is 0. The Balaban J connectivity index is 1.38. The number of fused-ring (bicyclic) bond motifs is 3. The van der Waals surface area contributed by atoms with Gasteiger partial charge in [0.2, 0.25) is 5.82 Å². The standard InChI is InChI=1S/C22H18N6O/c1-28-26-21(25-27-28)14-7-6-8-15(13-14)23-22(29)24-20-18-11-4-2-9-16(18)17-10-3-5-12-19(17)20/h2-13,20H,1H3,(H2,23,24,29). The molecule has 0 fully saturated rings. The summed E-state index contributed by atoms with van der Waals surface area (Å²) in [6.45, 7) is 0. The molecule has 0 bridgehead atoms. The minimum Gasteiger partial charge on any atom is -0.327 e. The van der Waals surface area contributed by atoms with Crippen LogP contribution in [0.5, 0.6) is 0 Å². The van der Waals surface area contributed by atoms with Crippen LogP contribution in [0.25, 0.3) is 22.5 Å². The minimum atomic E-state index is -0.272. The number of anilines is 1. The first-order chi connectivity index (χ1) is 14.2. The number of nitrogens with one attached hydrogen (secondary N) is 2. The van der Waals surface area contributed by atoms with E-state index in [1.54, 1.807) is 7.05 Å². The molecule has 0 atom stereocenters. The summed E-state index contributed by atoms with van der Waals surface area (Å²) in [5, 5.41) is 18.1. The van der Waals surface area contributed by atoms with Gasteiger partial charge >= 0.3 is 6.03 Å². The Morgan fingerprint density at radius 3 is 2.28 bits per heavy atom. The Morgan fingerprint density at radius 2 is 1.62 bits per heavy atom. The fraction of sp³-hybridized carbons (Fsp3) is 0.0909. The number of amides is 2. The summed E-state index contributed by atoms with van der Waals surface area (Å²) in [6.07, 6.45) is 0. The summed E-state index contributed by atoms with van der Waals surface area (Å²) in [6, 6.07) is 23.2. The smallest absolute Gasteiger partial charge is 0.319 e. The summed E-state index contributed by atoms with van der Waals surface area (Å²) in [5.74, 6) is 0.509. The van der Waals surface area contributed by atoms with E-state index in [4.69, 9.17) is 0 Å². The third kappa shape index (κ3) is 3.12. The molecule has 4 aromatic rings. The molecule has 0 saturated carbocycles. The van der Waals surface area contributed by atoms with Gasteiger partial charge in [-0.2, -0.15) is 4.80 Å². The molecule has 5 rings (SSSR count). The van der Waals surface area contributed by atoms with Crippen molar-refractivity contribution >= 4 is 11.7 Å². The molecule has 1 aliphatic rings. The lowest BCUT2D eigenvalue weighted by molar-refractivity contribution is 0.250. The highest BCUT2D eigenvalue weighted by atomic mass is 16.2. The van der Waals surface area contributed by atoms with Crippen LogP contribution in [-0.4, -0.2) is 26.2 Å². The molecular weight excluding hydrogens is 364 g/mol. The molecule has 7 nitrogen and oxygen atoms in total. The summed E-state index contributed by atoms with van der Waals surface area (Å²) < 4.78 is 0. The molecule has 29 heavy (non-hydrogen) atoms. The minimum absolute atomic E-state index is 0.188. The van der Waals surface area contributed by atoms with E-state index in [1.165, 1.54) is 4.80 Å². The summed E-state index contributed by atoms with van der Waals surface area (Å²) in [4.78, 5) is 14.2. The average molecular weight is 382 g/mol. The molecule has 142 valence electrons. The highest BCUT2D eigenvalue weighted by Gasteiger charge is 2.29. The largest absolute Gasteiger partial charge is 0.327 e. The third-order valence-electron chi connectivity index (χ3n) is 5.00. The fourth-order valence-corrected chi connectivity index (χ4v) is 3.75. The van der Waals surface area contributed by atoms with E-state index in [9.17, 15) is 4.79 Å². The van der Waals surface area contributed by atoms with Gasteiger partial charge in [0.15, 0.2) is 0 Å². The van der Waals surface area contributed by atoms with Crippen LogP contribution >= 0.6 is 0 Å². The van der Waals surface area contributed by atoms with E-state index >= 15 is 0 Å². The number of aromatic nitrogens is 4. The molecular formula is C22H18N6O. The van der Waals surface area contributed by atoms with Gasteiger partial charge in [0.05, 0.1) is 13.1 Å². The fourth-order valence-electron chi connectivity index (χ4n) is 3.75. The molecule has 0 aliphatic heterocycles. The van der Waals surface area contributed by atoms with Crippen molar-refractivity contribution in [3.63, 3.8) is 0 Å². The number of rotatable bonds is 3. The van der Waals surface area contributed by atoms with Crippen LogP contribution in [0, 0.1) is 0 Å². The quantitative estimate of drug-likeness (QED) is 0.565. The van der Waals surface area contributed by atoms with Crippen LogP contribution < -0.4 is 10.6 Å². The SMILES string of the molecule is Cn1nnc(-c2cccc(NC(=O)NC3c4ccccc4-c4ccccc43)c2)n1. The van der Waals surface area contributed by atoms with Gasteiger partial charge in [-0.05, 0) is 39.6 Å². The Bertz CT molecular complexity index is 1170. The van der Waals surface area contributed by atoms with Crippen molar-refractivity contribution in [3.8, 4) is 22.5 Å². The second-order valence-corrected chi connectivity index (χ2v) is 6.89. The third-order valence-corrected chi connectivity index (χ3v) is 5.00. The van der Waals surface area contributed by atoms with E-state index in [2.05, 4.69) is 50.3 Å². The van der Waals surface area contributed by atoms with Gasteiger partial charge in [-0.1, -0.05) is 60.7 Å². The number of carbonyl (C=O) groups is 1. The molecule has 2 amide bonds. The van der Waals surface area contributed by atoms with E-state index < -0.39 is 0 Å². The van der Waals surface area contributed by atoms with Crippen molar-refractivity contribution in [1.29, 1.82) is 0 Å². The Labute approximate surface area is 167 Å². The molecule has 0 spiro atoms. The number of carbonyl (C=O) groups excluding carboxylic acids is 1. The maximum absolute atomic E-state index is 12.8. The van der Waals surface area contributed by atoms with E-state index in [0.717, 1.165) is 27.8 Å². The van der Waals surface area contributed by atoms with E-state index in [-0.39, 0.29) is 12.1 Å². The maximum Gasteiger partial charge on any atom is 0.319 e. The number of aryl methyl sites for hydroxylation is 1. The van der Waals surface area contributed by atoms with Crippen LogP contribution in [0.2, 0.25) is 0 Å². The number of tetrazole rings is 1. The zero-order valence-corrected chi connectivity index (χ0v) is 15.7. The summed E-state index contributed by atoms with van der Waals surface area (Å²) in [5.41, 5.74) is 5.95. The molecule has 1 aliphatic carbocycles. The van der Waals surface area contributed by atoms with Crippen molar-refractivity contribution in [2.75, 3.05) is 5.32 Å². The first-order valence-corrected chi connectivity index (χ1v) is 9.29. The molecule has 1 heterocycles. The number of hydrogen-bond acceptors (Lipinski definition) is 4. The number of urea groups is 1. The number of hydrogen-bond donors (Lipinski definition) is 2. The van der Waals surface area contributed by atoms with Crippen LogP contribution in [0.3, 0.4) is 0 Å². The molecule has 2 N–H and O–H groups in total. The second-order valence-electron chi connectivity index (χ2n) is 6.89. The van der Waals surface area contributed by atoms with Crippen LogP contribution in [0.15, 0.2) is 72.8 Å². The van der Waals surface area contributed by atoms with Gasteiger partial charge in [0.1, 0.15) is 0 Å². The second kappa shape index (κ2) is 6.87. The lowest BCUT2D eigenvalue weighted by Gasteiger charge is -2.16. The first-order valence-electron chi connectivity index (χ1n) is 9.29. The topological polar surface area (TPSA) is 84.7 Å². The molecule has 1 aromatic heterocycles.